The van der Waals surface area contributed by atoms with Crippen LogP contribution in [0.3, 0.4) is 0 Å². The molecule has 1 atom stereocenters. The fourth-order valence-electron chi connectivity index (χ4n) is 5.45. The Hall–Kier alpha value is -3.65. The van der Waals surface area contributed by atoms with Crippen molar-refractivity contribution in [3.63, 3.8) is 0 Å². The Kier molecular flexibility index (Phi) is 7.75. The predicted molar refractivity (Wildman–Crippen MR) is 155 cm³/mol. The number of carbonyl (C=O) groups is 4. The van der Waals surface area contributed by atoms with Crippen LogP contribution in [0.4, 0.5) is 4.79 Å². The molecule has 0 bridgehead atoms. The standard InChI is InChI=1S/C31H33N3O4S/c1-4-22-9-7-10-25-24(17-32(29(22)25)19-28(36)33-15-6-5-8-21(33)3)16-27-30(37)34(31(38)39-27)18-26(35)23-13-11-20(2)12-14-23/h7,9-14,16-17,21H,4-6,8,15,18-19H2,1-3H3/b27-16-/t21-/m0/s1. The molecule has 1 aromatic heterocycles. The summed E-state index contributed by atoms with van der Waals surface area (Å²) < 4.78 is 1.98. The summed E-state index contributed by atoms with van der Waals surface area (Å²) in [5.41, 5.74) is 4.35. The van der Waals surface area contributed by atoms with Crippen molar-refractivity contribution in [3.8, 4) is 0 Å². The van der Waals surface area contributed by atoms with Gasteiger partial charge in [0.15, 0.2) is 5.78 Å². The highest BCUT2D eigenvalue weighted by Crippen LogP contribution is 2.35. The van der Waals surface area contributed by atoms with Crippen LogP contribution in [-0.2, 0) is 22.6 Å². The highest BCUT2D eigenvalue weighted by atomic mass is 32.2. The zero-order valence-corrected chi connectivity index (χ0v) is 23.4. The second kappa shape index (κ2) is 11.2. The predicted octanol–water partition coefficient (Wildman–Crippen LogP) is 5.83. The van der Waals surface area contributed by atoms with E-state index >= 15 is 0 Å². The van der Waals surface area contributed by atoms with E-state index in [9.17, 15) is 19.2 Å². The number of para-hydroxylation sites is 1. The molecule has 2 fully saturated rings. The van der Waals surface area contributed by atoms with E-state index < -0.39 is 11.1 Å². The third kappa shape index (κ3) is 5.43. The monoisotopic (exact) mass is 543 g/mol. The zero-order valence-electron chi connectivity index (χ0n) is 22.6. The maximum Gasteiger partial charge on any atom is 0.293 e. The summed E-state index contributed by atoms with van der Waals surface area (Å²) in [6.07, 6.45) is 7.61. The van der Waals surface area contributed by atoms with Crippen LogP contribution in [0.2, 0.25) is 0 Å². The molecule has 2 aliphatic rings. The molecule has 0 aliphatic carbocycles. The molecular formula is C31H33N3O4S. The van der Waals surface area contributed by atoms with Crippen LogP contribution in [0.25, 0.3) is 17.0 Å². The lowest BCUT2D eigenvalue weighted by Crippen LogP contribution is -2.43. The number of aromatic nitrogens is 1. The van der Waals surface area contributed by atoms with Gasteiger partial charge >= 0.3 is 0 Å². The lowest BCUT2D eigenvalue weighted by atomic mass is 10.0. The Labute approximate surface area is 232 Å². The molecule has 202 valence electrons. The maximum atomic E-state index is 13.3. The molecule has 0 unspecified atom stereocenters. The van der Waals surface area contributed by atoms with Crippen molar-refractivity contribution in [2.24, 2.45) is 0 Å². The molecule has 0 spiro atoms. The van der Waals surface area contributed by atoms with E-state index in [0.717, 1.165) is 76.5 Å². The topological polar surface area (TPSA) is 79.7 Å². The van der Waals surface area contributed by atoms with Gasteiger partial charge in [-0.2, -0.15) is 0 Å². The zero-order chi connectivity index (χ0) is 27.7. The van der Waals surface area contributed by atoms with Crippen molar-refractivity contribution >= 4 is 51.6 Å². The van der Waals surface area contributed by atoms with E-state index in [4.69, 9.17) is 0 Å². The number of amides is 3. The fraction of sp³-hybridized carbons (Fsp3) is 0.355. The first kappa shape index (κ1) is 26.9. The molecule has 0 saturated carbocycles. The Morgan fingerprint density at radius 2 is 1.82 bits per heavy atom. The summed E-state index contributed by atoms with van der Waals surface area (Å²) in [6, 6.07) is 13.3. The van der Waals surface area contributed by atoms with Crippen LogP contribution < -0.4 is 0 Å². The van der Waals surface area contributed by atoms with E-state index in [1.165, 1.54) is 0 Å². The summed E-state index contributed by atoms with van der Waals surface area (Å²) in [4.78, 5) is 55.3. The molecule has 0 N–H and O–H groups in total. The van der Waals surface area contributed by atoms with Crippen molar-refractivity contribution in [2.45, 2.75) is 59.0 Å². The molecule has 3 heterocycles. The molecule has 3 aromatic rings. The third-order valence-corrected chi connectivity index (χ3v) is 8.57. The number of rotatable bonds is 7. The number of fused-ring (bicyclic) bond motifs is 1. The minimum absolute atomic E-state index is 0.0893. The molecule has 8 heteroatoms. The second-order valence-electron chi connectivity index (χ2n) is 10.4. The fourth-order valence-corrected chi connectivity index (χ4v) is 6.28. The Morgan fingerprint density at radius 3 is 2.54 bits per heavy atom. The van der Waals surface area contributed by atoms with Crippen molar-refractivity contribution in [1.29, 1.82) is 0 Å². The molecule has 3 amide bonds. The van der Waals surface area contributed by atoms with Gasteiger partial charge in [0.2, 0.25) is 5.91 Å². The van der Waals surface area contributed by atoms with Gasteiger partial charge < -0.3 is 9.47 Å². The van der Waals surface area contributed by atoms with Gasteiger partial charge in [0.1, 0.15) is 6.54 Å². The van der Waals surface area contributed by atoms with Crippen molar-refractivity contribution in [3.05, 3.63) is 75.8 Å². The van der Waals surface area contributed by atoms with Crippen molar-refractivity contribution in [1.82, 2.24) is 14.4 Å². The number of likely N-dealkylation sites (tertiary alicyclic amines) is 1. The number of nitrogens with zero attached hydrogens (tertiary/aromatic N) is 3. The Balaban J connectivity index is 1.43. The van der Waals surface area contributed by atoms with Crippen LogP contribution in [-0.4, -0.2) is 56.3 Å². The van der Waals surface area contributed by atoms with E-state index in [-0.39, 0.29) is 35.7 Å². The van der Waals surface area contributed by atoms with E-state index in [1.54, 1.807) is 18.2 Å². The normalized spacial score (nSPS) is 18.9. The number of piperidine rings is 1. The minimum Gasteiger partial charge on any atom is -0.338 e. The van der Waals surface area contributed by atoms with Gasteiger partial charge in [-0.1, -0.05) is 55.0 Å². The quantitative estimate of drug-likeness (QED) is 0.277. The summed E-state index contributed by atoms with van der Waals surface area (Å²) in [6.45, 7) is 6.82. The molecule has 7 nitrogen and oxygen atoms in total. The van der Waals surface area contributed by atoms with Gasteiger partial charge in [0.25, 0.3) is 11.1 Å². The summed E-state index contributed by atoms with van der Waals surface area (Å²) >= 11 is 0.843. The number of ketones is 1. The molecule has 2 aromatic carbocycles. The summed E-state index contributed by atoms with van der Waals surface area (Å²) in [5, 5.41) is 0.468. The maximum absolute atomic E-state index is 13.3. The number of benzene rings is 2. The van der Waals surface area contributed by atoms with Crippen molar-refractivity contribution in [2.75, 3.05) is 13.1 Å². The van der Waals surface area contributed by atoms with Gasteiger partial charge in [0.05, 0.1) is 17.0 Å². The smallest absolute Gasteiger partial charge is 0.293 e. The minimum atomic E-state index is -0.476. The van der Waals surface area contributed by atoms with E-state index in [1.807, 2.05) is 46.9 Å². The molecule has 5 rings (SSSR count). The van der Waals surface area contributed by atoms with Gasteiger partial charge in [-0.05, 0) is 62.9 Å². The first-order valence-electron chi connectivity index (χ1n) is 13.5. The number of hydrogen-bond acceptors (Lipinski definition) is 5. The number of thioether (sulfide) groups is 1. The lowest BCUT2D eigenvalue weighted by molar-refractivity contribution is -0.135. The number of carbonyl (C=O) groups excluding carboxylic acids is 4. The first-order chi connectivity index (χ1) is 18.8. The first-order valence-corrected chi connectivity index (χ1v) is 14.3. The third-order valence-electron chi connectivity index (χ3n) is 7.66. The van der Waals surface area contributed by atoms with Gasteiger partial charge in [-0.15, -0.1) is 0 Å². The van der Waals surface area contributed by atoms with Crippen LogP contribution in [0, 0.1) is 6.92 Å². The van der Waals surface area contributed by atoms with Crippen LogP contribution in [0.1, 0.15) is 60.2 Å². The van der Waals surface area contributed by atoms with Gasteiger partial charge in [0, 0.05) is 35.3 Å². The molecule has 2 aliphatic heterocycles. The number of imide groups is 1. The van der Waals surface area contributed by atoms with Crippen LogP contribution in [0.5, 0.6) is 0 Å². The summed E-state index contributed by atoms with van der Waals surface area (Å²) in [7, 11) is 0. The second-order valence-corrected chi connectivity index (χ2v) is 11.4. The largest absolute Gasteiger partial charge is 0.338 e. The average molecular weight is 544 g/mol. The number of aryl methyl sites for hydroxylation is 2. The number of hydrogen-bond donors (Lipinski definition) is 0. The van der Waals surface area contributed by atoms with Crippen LogP contribution in [0.15, 0.2) is 53.6 Å². The molecule has 2 saturated heterocycles. The average Bonchev–Trinajstić information content (AvgIpc) is 3.40. The van der Waals surface area contributed by atoms with E-state index in [2.05, 4.69) is 19.9 Å². The Morgan fingerprint density at radius 1 is 1.05 bits per heavy atom. The van der Waals surface area contributed by atoms with Crippen LogP contribution >= 0.6 is 11.8 Å². The highest BCUT2D eigenvalue weighted by molar-refractivity contribution is 8.18. The number of Topliss-reactive ketones (excluding diaryl/α,β-unsaturated/α-hetero) is 1. The van der Waals surface area contributed by atoms with E-state index in [0.29, 0.717) is 5.56 Å². The van der Waals surface area contributed by atoms with Crippen molar-refractivity contribution < 1.29 is 19.2 Å². The Bertz CT molecular complexity index is 1490. The van der Waals surface area contributed by atoms with Gasteiger partial charge in [-0.25, -0.2) is 0 Å². The molecule has 0 radical (unpaired) electrons. The van der Waals surface area contributed by atoms with Gasteiger partial charge in [-0.3, -0.25) is 24.1 Å². The SMILES string of the molecule is CCc1cccc2c(/C=C3\SC(=O)N(CC(=O)c4ccc(C)cc4)C3=O)cn(CC(=O)N3CCCC[C@@H]3C)c12. The highest BCUT2D eigenvalue weighted by Gasteiger charge is 2.36. The molecular weight excluding hydrogens is 510 g/mol. The summed E-state index contributed by atoms with van der Waals surface area (Å²) in [5.74, 6) is -0.670. The molecule has 39 heavy (non-hydrogen) atoms. The lowest BCUT2D eigenvalue weighted by Gasteiger charge is -2.33.